The lowest BCUT2D eigenvalue weighted by Gasteiger charge is -2.21. The van der Waals surface area contributed by atoms with Gasteiger partial charge in [-0.25, -0.2) is 9.18 Å². The molecule has 1 aliphatic carbocycles. The molecule has 1 aromatic heterocycles. The number of rotatable bonds is 5. The molecule has 0 fully saturated rings. The van der Waals surface area contributed by atoms with E-state index < -0.39 is 0 Å². The first-order valence-electron chi connectivity index (χ1n) is 9.17. The van der Waals surface area contributed by atoms with Gasteiger partial charge >= 0.3 is 5.63 Å². The maximum Gasteiger partial charge on any atom is 0.336 e. The number of fused-ring (bicyclic) bond motifs is 2. The lowest BCUT2D eigenvalue weighted by molar-refractivity contribution is 0.271. The molecular formula is C22H22FNO2. The average molecular weight is 351 g/mol. The van der Waals surface area contributed by atoms with Crippen molar-refractivity contribution in [3.63, 3.8) is 0 Å². The van der Waals surface area contributed by atoms with Crippen LogP contribution in [-0.4, -0.2) is 11.4 Å². The van der Waals surface area contributed by atoms with Crippen molar-refractivity contribution in [3.8, 4) is 0 Å². The monoisotopic (exact) mass is 351 g/mol. The van der Waals surface area contributed by atoms with E-state index in [0.717, 1.165) is 42.3 Å². The van der Waals surface area contributed by atoms with Crippen molar-refractivity contribution in [3.05, 3.63) is 81.0 Å². The highest BCUT2D eigenvalue weighted by Crippen LogP contribution is 2.29. The highest BCUT2D eigenvalue weighted by Gasteiger charge is 2.16. The molecule has 4 rings (SSSR count). The van der Waals surface area contributed by atoms with Gasteiger partial charge in [0.1, 0.15) is 11.4 Å². The molecule has 26 heavy (non-hydrogen) atoms. The molecule has 0 atom stereocenters. The lowest BCUT2D eigenvalue weighted by Crippen LogP contribution is -2.23. The Hall–Kier alpha value is -2.46. The number of benzene rings is 2. The maximum atomic E-state index is 13.5. The summed E-state index contributed by atoms with van der Waals surface area (Å²) < 4.78 is 18.9. The van der Waals surface area contributed by atoms with Gasteiger partial charge < -0.3 is 4.42 Å². The minimum absolute atomic E-state index is 0.222. The van der Waals surface area contributed by atoms with Crippen LogP contribution in [0.1, 0.15) is 35.6 Å². The zero-order valence-electron chi connectivity index (χ0n) is 14.9. The minimum Gasteiger partial charge on any atom is -0.423 e. The van der Waals surface area contributed by atoms with E-state index in [-0.39, 0.29) is 11.4 Å². The number of hydrogen-bond acceptors (Lipinski definition) is 3. The minimum atomic E-state index is -0.313. The number of aryl methyl sites for hydroxylation is 2. The zero-order valence-corrected chi connectivity index (χ0v) is 14.9. The first kappa shape index (κ1) is 17.0. The molecule has 1 aliphatic rings. The molecule has 0 amide bonds. The predicted molar refractivity (Wildman–Crippen MR) is 101 cm³/mol. The van der Waals surface area contributed by atoms with E-state index in [1.807, 2.05) is 12.1 Å². The first-order chi connectivity index (χ1) is 12.6. The van der Waals surface area contributed by atoms with Crippen molar-refractivity contribution in [2.45, 2.75) is 39.3 Å². The third-order valence-corrected chi connectivity index (χ3v) is 5.18. The van der Waals surface area contributed by atoms with Gasteiger partial charge in [-0.05, 0) is 72.3 Å². The molecule has 0 saturated carbocycles. The van der Waals surface area contributed by atoms with E-state index in [1.165, 1.54) is 17.2 Å². The summed E-state index contributed by atoms with van der Waals surface area (Å²) in [6.45, 7) is 4.16. The van der Waals surface area contributed by atoms with Gasteiger partial charge in [0.2, 0.25) is 0 Å². The fourth-order valence-corrected chi connectivity index (χ4v) is 3.84. The van der Waals surface area contributed by atoms with E-state index >= 15 is 0 Å². The highest BCUT2D eigenvalue weighted by atomic mass is 19.1. The molecule has 1 heterocycles. The van der Waals surface area contributed by atoms with Gasteiger partial charge in [0, 0.05) is 24.5 Å². The van der Waals surface area contributed by atoms with E-state index in [0.29, 0.717) is 18.7 Å². The van der Waals surface area contributed by atoms with Crippen LogP contribution in [-0.2, 0) is 25.9 Å². The number of hydrogen-bond donors (Lipinski definition) is 0. The Morgan fingerprint density at radius 1 is 1.08 bits per heavy atom. The summed E-state index contributed by atoms with van der Waals surface area (Å²) in [4.78, 5) is 14.2. The number of nitrogens with zero attached hydrogens (tertiary/aromatic N) is 1. The van der Waals surface area contributed by atoms with Crippen LogP contribution in [0.3, 0.4) is 0 Å². The fraction of sp³-hybridized carbons (Fsp3) is 0.318. The van der Waals surface area contributed by atoms with Crippen LogP contribution in [0.5, 0.6) is 0 Å². The molecular weight excluding hydrogens is 329 g/mol. The largest absolute Gasteiger partial charge is 0.423 e. The van der Waals surface area contributed by atoms with Crippen molar-refractivity contribution >= 4 is 11.0 Å². The quantitative estimate of drug-likeness (QED) is 0.637. The van der Waals surface area contributed by atoms with Gasteiger partial charge in [-0.3, -0.25) is 4.90 Å². The summed E-state index contributed by atoms with van der Waals surface area (Å²) in [5.74, 6) is -0.222. The van der Waals surface area contributed by atoms with Crippen molar-refractivity contribution in [2.24, 2.45) is 0 Å². The van der Waals surface area contributed by atoms with Gasteiger partial charge in [0.15, 0.2) is 0 Å². The Kier molecular flexibility index (Phi) is 4.60. The third kappa shape index (κ3) is 3.42. The Morgan fingerprint density at radius 3 is 2.65 bits per heavy atom. The van der Waals surface area contributed by atoms with Crippen LogP contribution < -0.4 is 5.63 Å². The molecule has 0 N–H and O–H groups in total. The first-order valence-corrected chi connectivity index (χ1v) is 9.17. The zero-order chi connectivity index (χ0) is 18.1. The van der Waals surface area contributed by atoms with E-state index in [4.69, 9.17) is 4.42 Å². The summed E-state index contributed by atoms with van der Waals surface area (Å²) in [6.07, 6.45) is 3.30. The molecule has 0 unspecified atom stereocenters. The van der Waals surface area contributed by atoms with Gasteiger partial charge in [-0.2, -0.15) is 0 Å². The maximum absolute atomic E-state index is 13.5. The standard InChI is InChI=1S/C22H22FNO2/c1-2-24(13-15-5-3-8-19(23)9-15)14-18-12-22(25)26-21-11-17-7-4-6-16(17)10-20(18)21/h3,5,8-12H,2,4,6-7,13-14H2,1H3. The van der Waals surface area contributed by atoms with Gasteiger partial charge in [0.05, 0.1) is 0 Å². The Balaban J connectivity index is 1.67. The molecule has 0 aliphatic heterocycles. The molecule has 0 bridgehead atoms. The lowest BCUT2D eigenvalue weighted by atomic mass is 10.0. The normalized spacial score (nSPS) is 13.5. The van der Waals surface area contributed by atoms with E-state index in [2.05, 4.69) is 17.9 Å². The Morgan fingerprint density at radius 2 is 1.88 bits per heavy atom. The van der Waals surface area contributed by atoms with Crippen LogP contribution >= 0.6 is 0 Å². The Bertz CT molecular complexity index is 1010. The SMILES string of the molecule is CCN(Cc1cccc(F)c1)Cc1cc(=O)oc2cc3c(cc12)CCC3. The van der Waals surface area contributed by atoms with Gasteiger partial charge in [0.25, 0.3) is 0 Å². The average Bonchev–Trinajstić information content (AvgIpc) is 3.06. The molecule has 0 saturated heterocycles. The van der Waals surface area contributed by atoms with Crippen LogP contribution in [0.4, 0.5) is 4.39 Å². The fourth-order valence-electron chi connectivity index (χ4n) is 3.84. The molecule has 3 nitrogen and oxygen atoms in total. The van der Waals surface area contributed by atoms with Gasteiger partial charge in [-0.1, -0.05) is 19.1 Å². The summed E-state index contributed by atoms with van der Waals surface area (Å²) >= 11 is 0. The van der Waals surface area contributed by atoms with Crippen molar-refractivity contribution in [1.29, 1.82) is 0 Å². The van der Waals surface area contributed by atoms with Crippen LogP contribution in [0, 0.1) is 5.82 Å². The molecule has 0 radical (unpaired) electrons. The molecule has 3 aromatic rings. The molecule has 2 aromatic carbocycles. The predicted octanol–water partition coefficient (Wildman–Crippen LogP) is 4.44. The van der Waals surface area contributed by atoms with E-state index in [1.54, 1.807) is 18.2 Å². The van der Waals surface area contributed by atoms with E-state index in [9.17, 15) is 9.18 Å². The smallest absolute Gasteiger partial charge is 0.336 e. The molecule has 134 valence electrons. The van der Waals surface area contributed by atoms with Crippen molar-refractivity contribution < 1.29 is 8.81 Å². The summed E-state index contributed by atoms with van der Waals surface area (Å²) in [6, 6.07) is 12.5. The molecule has 0 spiro atoms. The van der Waals surface area contributed by atoms with Crippen LogP contribution in [0.25, 0.3) is 11.0 Å². The van der Waals surface area contributed by atoms with Gasteiger partial charge in [-0.15, -0.1) is 0 Å². The molecule has 4 heteroatoms. The summed E-state index contributed by atoms with van der Waals surface area (Å²) in [7, 11) is 0. The summed E-state index contributed by atoms with van der Waals surface area (Å²) in [5.41, 5.74) is 4.93. The van der Waals surface area contributed by atoms with Crippen LogP contribution in [0.15, 0.2) is 51.7 Å². The van der Waals surface area contributed by atoms with Crippen LogP contribution in [0.2, 0.25) is 0 Å². The number of halogens is 1. The second-order valence-electron chi connectivity index (χ2n) is 6.99. The highest BCUT2D eigenvalue weighted by molar-refractivity contribution is 5.82. The summed E-state index contributed by atoms with van der Waals surface area (Å²) in [5, 5.41) is 1.02. The topological polar surface area (TPSA) is 33.5 Å². The Labute approximate surface area is 152 Å². The second-order valence-corrected chi connectivity index (χ2v) is 6.99. The third-order valence-electron chi connectivity index (χ3n) is 5.18. The second kappa shape index (κ2) is 7.04. The van der Waals surface area contributed by atoms with Crippen molar-refractivity contribution in [2.75, 3.05) is 6.54 Å². The van der Waals surface area contributed by atoms with Crippen molar-refractivity contribution in [1.82, 2.24) is 4.90 Å².